The van der Waals surface area contributed by atoms with Gasteiger partial charge in [0.25, 0.3) is 0 Å². The summed E-state index contributed by atoms with van der Waals surface area (Å²) in [6, 6.07) is 5.68. The highest BCUT2D eigenvalue weighted by Crippen LogP contribution is 2.25. The molecule has 1 heterocycles. The van der Waals surface area contributed by atoms with Gasteiger partial charge in [0.2, 0.25) is 0 Å². The first-order valence-corrected chi connectivity index (χ1v) is 5.34. The number of hydrogen-bond donors (Lipinski definition) is 1. The number of aliphatic hydroxyl groups is 1. The minimum absolute atomic E-state index is 0.374. The van der Waals surface area contributed by atoms with Crippen LogP contribution < -0.4 is 0 Å². The van der Waals surface area contributed by atoms with Crippen LogP contribution in [0.25, 0.3) is 0 Å². The predicted octanol–water partition coefficient (Wildman–Crippen LogP) is 1.13. The second-order valence-corrected chi connectivity index (χ2v) is 4.04. The molecule has 1 N–H and O–H groups in total. The van der Waals surface area contributed by atoms with Crippen molar-refractivity contribution < 1.29 is 14.3 Å². The number of β-amino-alcohol motifs (C(OH)–C–C–N with tert-alkyl or cyclic N) is 1. The van der Waals surface area contributed by atoms with Gasteiger partial charge in [0.05, 0.1) is 12.1 Å². The van der Waals surface area contributed by atoms with E-state index in [1.54, 1.807) is 23.1 Å². The summed E-state index contributed by atoms with van der Waals surface area (Å²) >= 11 is 0. The Hall–Kier alpha value is -1.26. The fourth-order valence-electron chi connectivity index (χ4n) is 2.09. The average molecular weight is 223 g/mol. The molecule has 0 amide bonds. The van der Waals surface area contributed by atoms with E-state index in [1.165, 1.54) is 6.07 Å². The van der Waals surface area contributed by atoms with E-state index in [1.807, 2.05) is 0 Å². The van der Waals surface area contributed by atoms with E-state index in [9.17, 15) is 14.3 Å². The molecule has 1 fully saturated rings. The number of carbonyl (C=O) groups excluding carboxylic acids is 1. The monoisotopic (exact) mass is 223 g/mol. The van der Waals surface area contributed by atoms with Crippen LogP contribution in [-0.4, -0.2) is 35.5 Å². The van der Waals surface area contributed by atoms with E-state index in [2.05, 4.69) is 0 Å². The molecular formula is C12H14FNO2. The molecule has 1 aromatic carbocycles. The first-order chi connectivity index (χ1) is 7.72. The van der Waals surface area contributed by atoms with E-state index in [-0.39, 0.29) is 5.82 Å². The maximum Gasteiger partial charge on any atom is 0.141 e. The second kappa shape index (κ2) is 4.72. The normalized spacial score (nSPS) is 23.2. The molecule has 0 spiro atoms. The van der Waals surface area contributed by atoms with Crippen LogP contribution in [0.3, 0.4) is 0 Å². The van der Waals surface area contributed by atoms with Gasteiger partial charge in [-0.25, -0.2) is 4.39 Å². The lowest BCUT2D eigenvalue weighted by Gasteiger charge is -2.23. The largest absolute Gasteiger partial charge is 0.392 e. The van der Waals surface area contributed by atoms with E-state index in [4.69, 9.17) is 0 Å². The molecule has 0 bridgehead atoms. The summed E-state index contributed by atoms with van der Waals surface area (Å²) in [7, 11) is 0. The lowest BCUT2D eigenvalue weighted by atomic mass is 10.1. The molecule has 2 rings (SSSR count). The van der Waals surface area contributed by atoms with Crippen molar-refractivity contribution in [2.45, 2.75) is 18.6 Å². The summed E-state index contributed by atoms with van der Waals surface area (Å²) in [5.74, 6) is -0.374. The fraction of sp³-hybridized carbons (Fsp3) is 0.417. The summed E-state index contributed by atoms with van der Waals surface area (Å²) < 4.78 is 13.5. The number of halogens is 1. The molecule has 3 nitrogen and oxygen atoms in total. The molecule has 1 saturated heterocycles. The van der Waals surface area contributed by atoms with Gasteiger partial charge in [-0.15, -0.1) is 0 Å². The van der Waals surface area contributed by atoms with E-state index in [0.717, 1.165) is 6.29 Å². The fourth-order valence-corrected chi connectivity index (χ4v) is 2.09. The topological polar surface area (TPSA) is 40.5 Å². The Balaban J connectivity index is 2.23. The van der Waals surface area contributed by atoms with Crippen LogP contribution in [0.15, 0.2) is 24.3 Å². The van der Waals surface area contributed by atoms with Crippen molar-refractivity contribution in [1.29, 1.82) is 0 Å². The smallest absolute Gasteiger partial charge is 0.141 e. The van der Waals surface area contributed by atoms with Crippen molar-refractivity contribution in [2.75, 3.05) is 13.1 Å². The molecule has 4 heteroatoms. The Labute approximate surface area is 93.5 Å². The minimum Gasteiger partial charge on any atom is -0.392 e. The van der Waals surface area contributed by atoms with Crippen LogP contribution in [0.5, 0.6) is 0 Å². The molecule has 86 valence electrons. The Morgan fingerprint density at radius 1 is 1.50 bits per heavy atom. The minimum atomic E-state index is -0.585. The molecule has 1 aliphatic heterocycles. The first kappa shape index (κ1) is 11.2. The number of benzene rings is 1. The van der Waals surface area contributed by atoms with Crippen molar-refractivity contribution in [2.24, 2.45) is 0 Å². The number of nitrogens with zero attached hydrogens (tertiary/aromatic N) is 1. The number of hydrogen-bond acceptors (Lipinski definition) is 3. The summed E-state index contributed by atoms with van der Waals surface area (Å²) in [4.78, 5) is 12.9. The number of aliphatic hydroxyl groups excluding tert-OH is 1. The number of rotatable bonds is 3. The van der Waals surface area contributed by atoms with Crippen molar-refractivity contribution in [3.8, 4) is 0 Å². The Kier molecular flexibility index (Phi) is 3.31. The highest BCUT2D eigenvalue weighted by molar-refractivity contribution is 5.61. The third-order valence-corrected chi connectivity index (χ3v) is 2.94. The zero-order valence-corrected chi connectivity index (χ0v) is 8.84. The molecule has 2 unspecified atom stereocenters. The zero-order chi connectivity index (χ0) is 11.5. The maximum atomic E-state index is 13.5. The van der Waals surface area contributed by atoms with Gasteiger partial charge in [0.15, 0.2) is 0 Å². The quantitative estimate of drug-likeness (QED) is 0.781. The highest BCUT2D eigenvalue weighted by atomic mass is 19.1. The molecule has 1 aromatic rings. The van der Waals surface area contributed by atoms with Crippen molar-refractivity contribution >= 4 is 6.29 Å². The summed E-state index contributed by atoms with van der Waals surface area (Å²) in [5, 5.41) is 9.41. The van der Waals surface area contributed by atoms with Gasteiger partial charge in [0.1, 0.15) is 12.1 Å². The Bertz CT molecular complexity index is 383. The Morgan fingerprint density at radius 3 is 2.81 bits per heavy atom. The van der Waals surface area contributed by atoms with E-state index in [0.29, 0.717) is 25.1 Å². The molecule has 2 atom stereocenters. The summed E-state index contributed by atoms with van der Waals surface area (Å²) in [6.45, 7) is 1.05. The number of likely N-dealkylation sites (tertiary alicyclic amines) is 1. The van der Waals surface area contributed by atoms with Gasteiger partial charge >= 0.3 is 0 Å². The van der Waals surface area contributed by atoms with Crippen molar-refractivity contribution in [1.82, 2.24) is 4.90 Å². The van der Waals surface area contributed by atoms with Gasteiger partial charge in [0, 0.05) is 18.7 Å². The van der Waals surface area contributed by atoms with Crippen LogP contribution in [0, 0.1) is 5.82 Å². The van der Waals surface area contributed by atoms with E-state index < -0.39 is 12.1 Å². The highest BCUT2D eigenvalue weighted by Gasteiger charge is 2.29. The van der Waals surface area contributed by atoms with Crippen LogP contribution in [0.2, 0.25) is 0 Å². The molecule has 16 heavy (non-hydrogen) atoms. The SMILES string of the molecule is O=CC(c1ccccc1F)N1CCC(O)C1. The second-order valence-electron chi connectivity index (χ2n) is 4.04. The molecular weight excluding hydrogens is 209 g/mol. The van der Waals surface area contributed by atoms with Gasteiger partial charge < -0.3 is 9.90 Å². The van der Waals surface area contributed by atoms with Crippen LogP contribution in [-0.2, 0) is 4.79 Å². The van der Waals surface area contributed by atoms with E-state index >= 15 is 0 Å². The maximum absolute atomic E-state index is 13.5. The number of carbonyl (C=O) groups is 1. The molecule has 0 aliphatic carbocycles. The van der Waals surface area contributed by atoms with Crippen LogP contribution >= 0.6 is 0 Å². The average Bonchev–Trinajstić information content (AvgIpc) is 2.69. The zero-order valence-electron chi connectivity index (χ0n) is 8.84. The number of aldehydes is 1. The lowest BCUT2D eigenvalue weighted by Crippen LogP contribution is -2.29. The van der Waals surface area contributed by atoms with Gasteiger partial charge in [-0.05, 0) is 12.5 Å². The van der Waals surface area contributed by atoms with Crippen molar-refractivity contribution in [3.05, 3.63) is 35.6 Å². The molecule has 0 saturated carbocycles. The summed E-state index contributed by atoms with van der Waals surface area (Å²) in [5.41, 5.74) is 0.381. The molecule has 1 aliphatic rings. The van der Waals surface area contributed by atoms with Crippen molar-refractivity contribution in [3.63, 3.8) is 0 Å². The third kappa shape index (κ3) is 2.13. The first-order valence-electron chi connectivity index (χ1n) is 5.34. The third-order valence-electron chi connectivity index (χ3n) is 2.94. The summed E-state index contributed by atoms with van der Waals surface area (Å²) in [6.07, 6.45) is 0.962. The van der Waals surface area contributed by atoms with Crippen LogP contribution in [0.4, 0.5) is 4.39 Å². The van der Waals surface area contributed by atoms with Gasteiger partial charge in [-0.3, -0.25) is 4.90 Å². The van der Waals surface area contributed by atoms with Gasteiger partial charge in [-0.1, -0.05) is 18.2 Å². The standard InChI is InChI=1S/C12H14FNO2/c13-11-4-2-1-3-10(11)12(8-15)14-6-5-9(16)7-14/h1-4,8-9,12,16H,5-7H2. The Morgan fingerprint density at radius 2 is 2.25 bits per heavy atom. The molecule has 0 radical (unpaired) electrons. The molecule has 0 aromatic heterocycles. The predicted molar refractivity (Wildman–Crippen MR) is 57.4 cm³/mol. The lowest BCUT2D eigenvalue weighted by molar-refractivity contribution is -0.112. The van der Waals surface area contributed by atoms with Gasteiger partial charge in [-0.2, -0.15) is 0 Å². The van der Waals surface area contributed by atoms with Crippen LogP contribution in [0.1, 0.15) is 18.0 Å².